The molecule has 1 rings (SSSR count). The highest BCUT2D eigenvalue weighted by Crippen LogP contribution is 2.23. The van der Waals surface area contributed by atoms with E-state index in [1.165, 1.54) is 12.1 Å². The fourth-order valence-electron chi connectivity index (χ4n) is 1.10. The largest absolute Gasteiger partial charge is 0.573 e. The van der Waals surface area contributed by atoms with Crippen molar-refractivity contribution in [2.24, 2.45) is 0 Å². The van der Waals surface area contributed by atoms with Gasteiger partial charge in [-0.3, -0.25) is 4.55 Å². The summed E-state index contributed by atoms with van der Waals surface area (Å²) in [6, 6.07) is 4.77. The summed E-state index contributed by atoms with van der Waals surface area (Å²) in [7, 11) is -4.06. The van der Waals surface area contributed by atoms with Crippen LogP contribution in [-0.2, 0) is 10.1 Å². The molecule has 0 aliphatic rings. The van der Waals surface area contributed by atoms with Crippen LogP contribution < -0.4 is 10.1 Å². The Morgan fingerprint density at radius 2 is 1.78 bits per heavy atom. The van der Waals surface area contributed by atoms with Gasteiger partial charge in [0.15, 0.2) is 0 Å². The minimum Gasteiger partial charge on any atom is -0.406 e. The van der Waals surface area contributed by atoms with Crippen LogP contribution in [0.25, 0.3) is 0 Å². The first-order valence-electron chi connectivity index (χ1n) is 4.70. The Balaban J connectivity index is 2.51. The van der Waals surface area contributed by atoms with E-state index in [1.54, 1.807) is 0 Å². The molecule has 18 heavy (non-hydrogen) atoms. The fraction of sp³-hybridized carbons (Fsp3) is 0.333. The lowest BCUT2D eigenvalue weighted by Gasteiger charge is -2.10. The van der Waals surface area contributed by atoms with Gasteiger partial charge in [-0.1, -0.05) is 0 Å². The molecule has 1 aromatic rings. The van der Waals surface area contributed by atoms with Crippen LogP contribution in [-0.4, -0.2) is 31.6 Å². The summed E-state index contributed by atoms with van der Waals surface area (Å²) in [5.74, 6) is -0.865. The third-order valence-corrected chi connectivity index (χ3v) is 2.50. The average Bonchev–Trinajstić information content (AvgIpc) is 2.16. The van der Waals surface area contributed by atoms with E-state index in [-0.39, 0.29) is 12.3 Å². The number of halogens is 3. The molecule has 0 saturated heterocycles. The fourth-order valence-corrected chi connectivity index (χ4v) is 1.46. The summed E-state index contributed by atoms with van der Waals surface area (Å²) in [5, 5.41) is 2.62. The van der Waals surface area contributed by atoms with E-state index in [4.69, 9.17) is 4.55 Å². The summed E-state index contributed by atoms with van der Waals surface area (Å²) >= 11 is 0. The van der Waals surface area contributed by atoms with E-state index < -0.39 is 22.2 Å². The maximum atomic E-state index is 11.8. The van der Waals surface area contributed by atoms with E-state index in [2.05, 4.69) is 10.1 Å². The highest BCUT2D eigenvalue weighted by Gasteiger charge is 2.30. The molecule has 0 unspecified atom stereocenters. The highest BCUT2D eigenvalue weighted by atomic mass is 32.2. The van der Waals surface area contributed by atoms with Crippen molar-refractivity contribution < 1.29 is 30.9 Å². The Bertz CT molecular complexity index is 484. The van der Waals surface area contributed by atoms with Crippen molar-refractivity contribution in [3.63, 3.8) is 0 Å². The number of hydrogen-bond donors (Lipinski definition) is 2. The third kappa shape index (κ3) is 6.30. The van der Waals surface area contributed by atoms with Gasteiger partial charge in [0.25, 0.3) is 10.1 Å². The molecule has 0 bridgehead atoms. The quantitative estimate of drug-likeness (QED) is 0.808. The predicted molar refractivity (Wildman–Crippen MR) is 58.0 cm³/mol. The van der Waals surface area contributed by atoms with E-state index in [0.29, 0.717) is 5.69 Å². The molecule has 102 valence electrons. The van der Waals surface area contributed by atoms with Crippen molar-refractivity contribution in [1.82, 2.24) is 0 Å². The maximum absolute atomic E-state index is 11.8. The van der Waals surface area contributed by atoms with Crippen LogP contribution >= 0.6 is 0 Å². The Morgan fingerprint density at radius 1 is 1.22 bits per heavy atom. The Labute approximate surface area is 101 Å². The van der Waals surface area contributed by atoms with Crippen molar-refractivity contribution in [2.45, 2.75) is 6.36 Å². The first-order valence-corrected chi connectivity index (χ1v) is 6.31. The summed E-state index contributed by atoms with van der Waals surface area (Å²) in [5.41, 5.74) is 0.410. The number of alkyl halides is 3. The lowest BCUT2D eigenvalue weighted by molar-refractivity contribution is -0.274. The molecule has 0 fully saturated rings. The van der Waals surface area contributed by atoms with Gasteiger partial charge in [0.05, 0.1) is 5.75 Å². The second-order valence-corrected chi connectivity index (χ2v) is 4.86. The summed E-state index contributed by atoms with van der Waals surface area (Å²) in [6.07, 6.45) is -4.75. The van der Waals surface area contributed by atoms with Crippen LogP contribution in [0, 0.1) is 0 Å². The molecule has 0 atom stereocenters. The molecule has 0 aliphatic heterocycles. The van der Waals surface area contributed by atoms with Gasteiger partial charge in [0.2, 0.25) is 0 Å². The standard InChI is InChI=1S/C9H10F3NO4S/c10-9(11,12)17-8-3-1-7(2-4-8)13-5-6-18(14,15)16/h1-4,13H,5-6H2,(H,14,15,16). The van der Waals surface area contributed by atoms with Gasteiger partial charge in [-0.2, -0.15) is 8.42 Å². The van der Waals surface area contributed by atoms with Crippen LogP contribution in [0.4, 0.5) is 18.9 Å². The molecule has 1 aromatic carbocycles. The second kappa shape index (κ2) is 5.44. The monoisotopic (exact) mass is 285 g/mol. The maximum Gasteiger partial charge on any atom is 0.573 e. The van der Waals surface area contributed by atoms with Gasteiger partial charge in [0, 0.05) is 12.2 Å². The molecule has 0 heterocycles. The lowest BCUT2D eigenvalue weighted by atomic mass is 10.3. The van der Waals surface area contributed by atoms with Crippen LogP contribution in [0.1, 0.15) is 0 Å². The average molecular weight is 285 g/mol. The highest BCUT2D eigenvalue weighted by molar-refractivity contribution is 7.85. The number of nitrogens with one attached hydrogen (secondary N) is 1. The van der Waals surface area contributed by atoms with Gasteiger partial charge < -0.3 is 10.1 Å². The molecule has 2 N–H and O–H groups in total. The van der Waals surface area contributed by atoms with Crippen molar-refractivity contribution >= 4 is 15.8 Å². The van der Waals surface area contributed by atoms with E-state index in [9.17, 15) is 21.6 Å². The molecular formula is C9H10F3NO4S. The lowest BCUT2D eigenvalue weighted by Crippen LogP contribution is -2.17. The van der Waals surface area contributed by atoms with E-state index >= 15 is 0 Å². The zero-order valence-electron chi connectivity index (χ0n) is 8.94. The summed E-state index contributed by atoms with van der Waals surface area (Å²) in [4.78, 5) is 0. The van der Waals surface area contributed by atoms with Crippen molar-refractivity contribution in [1.29, 1.82) is 0 Å². The molecule has 0 spiro atoms. The number of benzene rings is 1. The van der Waals surface area contributed by atoms with Crippen LogP contribution in [0.5, 0.6) is 5.75 Å². The van der Waals surface area contributed by atoms with E-state index in [0.717, 1.165) is 12.1 Å². The Morgan fingerprint density at radius 3 is 2.22 bits per heavy atom. The Hall–Kier alpha value is -1.48. The molecule has 0 aromatic heterocycles. The van der Waals surface area contributed by atoms with Gasteiger partial charge in [-0.25, -0.2) is 0 Å². The normalized spacial score (nSPS) is 12.2. The summed E-state index contributed by atoms with van der Waals surface area (Å²) < 4.78 is 68.4. The molecule has 0 amide bonds. The zero-order chi connectivity index (χ0) is 13.8. The first kappa shape index (κ1) is 14.6. The van der Waals surface area contributed by atoms with Crippen LogP contribution in [0.15, 0.2) is 24.3 Å². The number of hydrogen-bond acceptors (Lipinski definition) is 4. The first-order chi connectivity index (χ1) is 8.16. The van der Waals surface area contributed by atoms with Crippen molar-refractivity contribution in [3.05, 3.63) is 24.3 Å². The van der Waals surface area contributed by atoms with E-state index in [1.807, 2.05) is 0 Å². The molecule has 9 heteroatoms. The molecule has 0 aliphatic carbocycles. The predicted octanol–water partition coefficient (Wildman–Crippen LogP) is 1.88. The van der Waals surface area contributed by atoms with Gasteiger partial charge in [0.1, 0.15) is 5.75 Å². The third-order valence-electron chi connectivity index (χ3n) is 1.78. The van der Waals surface area contributed by atoms with Gasteiger partial charge >= 0.3 is 6.36 Å². The Kier molecular flexibility index (Phi) is 4.41. The molecule has 0 radical (unpaired) electrons. The molecule has 0 saturated carbocycles. The van der Waals surface area contributed by atoms with Crippen molar-refractivity contribution in [3.8, 4) is 5.75 Å². The van der Waals surface area contributed by atoms with Crippen LogP contribution in [0.2, 0.25) is 0 Å². The number of rotatable bonds is 5. The topological polar surface area (TPSA) is 75.6 Å². The number of ether oxygens (including phenoxy) is 1. The number of anilines is 1. The SMILES string of the molecule is O=S(=O)(O)CCNc1ccc(OC(F)(F)F)cc1. The van der Waals surface area contributed by atoms with Crippen LogP contribution in [0.3, 0.4) is 0 Å². The minimum atomic E-state index is -4.75. The second-order valence-electron chi connectivity index (χ2n) is 3.28. The smallest absolute Gasteiger partial charge is 0.406 e. The van der Waals surface area contributed by atoms with Gasteiger partial charge in [-0.05, 0) is 24.3 Å². The molecule has 5 nitrogen and oxygen atoms in total. The van der Waals surface area contributed by atoms with Crippen molar-refractivity contribution in [2.75, 3.05) is 17.6 Å². The summed E-state index contributed by atoms with van der Waals surface area (Å²) in [6.45, 7) is -0.0572. The minimum absolute atomic E-state index is 0.0572. The zero-order valence-corrected chi connectivity index (χ0v) is 9.75. The molecular weight excluding hydrogens is 275 g/mol. The van der Waals surface area contributed by atoms with Gasteiger partial charge in [-0.15, -0.1) is 13.2 Å².